The van der Waals surface area contributed by atoms with Gasteiger partial charge in [-0.2, -0.15) is 0 Å². The fourth-order valence-electron chi connectivity index (χ4n) is 6.15. The van der Waals surface area contributed by atoms with E-state index >= 15 is 0 Å². The lowest BCUT2D eigenvalue weighted by atomic mass is 9.47. The molecule has 4 aliphatic rings. The molecule has 0 spiro atoms. The molecule has 1 N–H and O–H groups in total. The zero-order chi connectivity index (χ0) is 14.8. The van der Waals surface area contributed by atoms with Gasteiger partial charge in [-0.15, -0.1) is 0 Å². The van der Waals surface area contributed by atoms with Gasteiger partial charge in [-0.05, 0) is 61.7 Å². The van der Waals surface area contributed by atoms with Gasteiger partial charge in [0, 0.05) is 11.4 Å². The van der Waals surface area contributed by atoms with Gasteiger partial charge in [0.25, 0.3) is 0 Å². The summed E-state index contributed by atoms with van der Waals surface area (Å²) in [7, 11) is 0. The Kier molecular flexibility index (Phi) is 3.13. The normalized spacial score (nSPS) is 52.3. The lowest BCUT2D eigenvalue weighted by molar-refractivity contribution is -0.133. The number of amides is 1. The van der Waals surface area contributed by atoms with Gasteiger partial charge in [-0.3, -0.25) is 4.79 Å². The largest absolute Gasteiger partial charge is 0.355 e. The van der Waals surface area contributed by atoms with Crippen LogP contribution in [0.3, 0.4) is 0 Å². The molecule has 0 bridgehead atoms. The molecule has 0 radical (unpaired) electrons. The van der Waals surface area contributed by atoms with Gasteiger partial charge < -0.3 is 5.32 Å². The van der Waals surface area contributed by atoms with Crippen molar-refractivity contribution >= 4 is 21.8 Å². The fourth-order valence-corrected chi connectivity index (χ4v) is 7.29. The molecule has 0 aromatic heterocycles. The molecule has 3 heteroatoms. The second kappa shape index (κ2) is 4.59. The van der Waals surface area contributed by atoms with Crippen LogP contribution < -0.4 is 5.32 Å². The minimum absolute atomic E-state index is 0.0971. The van der Waals surface area contributed by atoms with Crippen LogP contribution in [0.1, 0.15) is 52.4 Å². The van der Waals surface area contributed by atoms with E-state index in [2.05, 4.69) is 41.2 Å². The van der Waals surface area contributed by atoms with E-state index in [4.69, 9.17) is 0 Å². The first-order valence-electron chi connectivity index (χ1n) is 8.60. The van der Waals surface area contributed by atoms with Crippen LogP contribution in [0.5, 0.6) is 0 Å². The Balaban J connectivity index is 1.73. The Morgan fingerprint density at radius 3 is 2.86 bits per heavy atom. The van der Waals surface area contributed by atoms with Crippen LogP contribution in [-0.2, 0) is 4.79 Å². The molecule has 3 fully saturated rings. The number of fused-ring (bicyclic) bond motifs is 5. The molecule has 0 aromatic carbocycles. The van der Waals surface area contributed by atoms with Crippen LogP contribution in [0.15, 0.2) is 11.6 Å². The van der Waals surface area contributed by atoms with Gasteiger partial charge in [-0.1, -0.05) is 41.4 Å². The van der Waals surface area contributed by atoms with Crippen LogP contribution in [0.25, 0.3) is 0 Å². The lowest BCUT2D eigenvalue weighted by Crippen LogP contribution is -2.53. The third kappa shape index (κ3) is 1.79. The smallest absolute Gasteiger partial charge is 0.226 e. The maximum absolute atomic E-state index is 12.3. The summed E-state index contributed by atoms with van der Waals surface area (Å²) in [6.45, 7) is 5.63. The zero-order valence-electron chi connectivity index (χ0n) is 13.1. The molecule has 1 heterocycles. The molecule has 1 saturated heterocycles. The quantitative estimate of drug-likeness (QED) is 0.517. The maximum atomic E-state index is 12.3. The Morgan fingerprint density at radius 1 is 1.24 bits per heavy atom. The molecular formula is C18H26BrNO. The van der Waals surface area contributed by atoms with Crippen LogP contribution in [0, 0.1) is 28.6 Å². The number of carbonyl (C=O) groups is 1. The minimum Gasteiger partial charge on any atom is -0.355 e. The topological polar surface area (TPSA) is 29.1 Å². The summed E-state index contributed by atoms with van der Waals surface area (Å²) < 4.78 is 0. The highest BCUT2D eigenvalue weighted by Gasteiger charge is 2.60. The molecule has 1 amide bonds. The first-order valence-corrected chi connectivity index (χ1v) is 9.51. The standard InChI is InChI=1S/C18H26BrNO/c1-17-7-4-3-5-13(17)15(19)9-11-12(17)6-8-18(2)14(11)10-20-16(18)21/h5,11-12,14-15H,3-4,6-10H2,1-2H3,(H,20,21)/t11-,12+,14+,15+,17-,18+/m1/s1. The number of alkyl halides is 1. The summed E-state index contributed by atoms with van der Waals surface area (Å²) >= 11 is 3.98. The van der Waals surface area contributed by atoms with Crippen molar-refractivity contribution < 1.29 is 4.79 Å². The highest BCUT2D eigenvalue weighted by Crippen LogP contribution is 2.63. The molecule has 0 aromatic rings. The first-order chi connectivity index (χ1) is 9.97. The van der Waals surface area contributed by atoms with Gasteiger partial charge in [0.1, 0.15) is 0 Å². The van der Waals surface area contributed by atoms with E-state index in [9.17, 15) is 4.79 Å². The van der Waals surface area contributed by atoms with E-state index in [-0.39, 0.29) is 5.41 Å². The Morgan fingerprint density at radius 2 is 2.05 bits per heavy atom. The van der Waals surface area contributed by atoms with Crippen molar-refractivity contribution in [1.82, 2.24) is 5.32 Å². The number of allylic oxidation sites excluding steroid dienone is 2. The highest BCUT2D eigenvalue weighted by atomic mass is 79.9. The maximum Gasteiger partial charge on any atom is 0.226 e. The number of halogens is 1. The van der Waals surface area contributed by atoms with Crippen molar-refractivity contribution in [3.8, 4) is 0 Å². The second-order valence-corrected chi connectivity index (χ2v) is 9.32. The third-order valence-corrected chi connectivity index (χ3v) is 8.25. The molecule has 2 nitrogen and oxygen atoms in total. The molecule has 21 heavy (non-hydrogen) atoms. The van der Waals surface area contributed by atoms with Gasteiger partial charge in [-0.25, -0.2) is 0 Å². The van der Waals surface area contributed by atoms with Crippen molar-refractivity contribution in [1.29, 1.82) is 0 Å². The van der Waals surface area contributed by atoms with E-state index in [1.54, 1.807) is 5.57 Å². The average molecular weight is 352 g/mol. The zero-order valence-corrected chi connectivity index (χ0v) is 14.7. The lowest BCUT2D eigenvalue weighted by Gasteiger charge is -2.57. The molecule has 116 valence electrons. The summed E-state index contributed by atoms with van der Waals surface area (Å²) in [6, 6.07) is 0. The van der Waals surface area contributed by atoms with Crippen LogP contribution in [-0.4, -0.2) is 17.3 Å². The molecular weight excluding hydrogens is 326 g/mol. The summed E-state index contributed by atoms with van der Waals surface area (Å²) in [5, 5.41) is 3.17. The van der Waals surface area contributed by atoms with E-state index < -0.39 is 0 Å². The average Bonchev–Trinajstić information content (AvgIpc) is 2.75. The number of hydrogen-bond donors (Lipinski definition) is 1. The van der Waals surface area contributed by atoms with Gasteiger partial charge in [0.05, 0.1) is 5.41 Å². The Labute approximate surface area is 136 Å². The summed E-state index contributed by atoms with van der Waals surface area (Å²) in [4.78, 5) is 12.8. The molecule has 6 atom stereocenters. The number of hydrogen-bond acceptors (Lipinski definition) is 1. The van der Waals surface area contributed by atoms with E-state index in [0.29, 0.717) is 28.0 Å². The molecule has 4 rings (SSSR count). The van der Waals surface area contributed by atoms with Crippen molar-refractivity contribution in [3.63, 3.8) is 0 Å². The highest BCUT2D eigenvalue weighted by molar-refractivity contribution is 9.09. The van der Waals surface area contributed by atoms with E-state index in [1.807, 2.05) is 0 Å². The van der Waals surface area contributed by atoms with Gasteiger partial charge in [0.2, 0.25) is 5.91 Å². The van der Waals surface area contributed by atoms with Crippen molar-refractivity contribution in [2.75, 3.05) is 6.54 Å². The summed E-state index contributed by atoms with van der Waals surface area (Å²) in [6.07, 6.45) is 9.99. The van der Waals surface area contributed by atoms with E-state index in [0.717, 1.165) is 18.9 Å². The first kappa shape index (κ1) is 14.3. The predicted molar refractivity (Wildman–Crippen MR) is 88.2 cm³/mol. The van der Waals surface area contributed by atoms with Crippen molar-refractivity contribution in [2.45, 2.75) is 57.2 Å². The van der Waals surface area contributed by atoms with Gasteiger partial charge >= 0.3 is 0 Å². The minimum atomic E-state index is -0.0971. The Bertz CT molecular complexity index is 515. The summed E-state index contributed by atoms with van der Waals surface area (Å²) in [5.41, 5.74) is 1.96. The second-order valence-electron chi connectivity index (χ2n) is 8.22. The monoisotopic (exact) mass is 351 g/mol. The Hall–Kier alpha value is -0.310. The van der Waals surface area contributed by atoms with Crippen LogP contribution in [0.4, 0.5) is 0 Å². The van der Waals surface area contributed by atoms with Crippen LogP contribution in [0.2, 0.25) is 0 Å². The molecule has 2 saturated carbocycles. The van der Waals surface area contributed by atoms with Crippen molar-refractivity contribution in [3.05, 3.63) is 11.6 Å². The fraction of sp³-hybridized carbons (Fsp3) is 0.833. The molecule has 1 aliphatic heterocycles. The third-order valence-electron chi connectivity index (χ3n) is 7.39. The molecule has 0 unspecified atom stereocenters. The van der Waals surface area contributed by atoms with Crippen LogP contribution >= 0.6 is 15.9 Å². The number of rotatable bonds is 0. The SMILES string of the molecule is C[C@]12CCCC=C1[C@@H](Br)C[C@@H]1[C@@H]2CC[C@]2(C)C(=O)NC[C@@H]12. The van der Waals surface area contributed by atoms with E-state index in [1.165, 1.54) is 32.1 Å². The number of carbonyl (C=O) groups excluding carboxylic acids is 1. The number of nitrogens with one attached hydrogen (secondary N) is 1. The predicted octanol–water partition coefficient (Wildman–Crippen LogP) is 4.05. The van der Waals surface area contributed by atoms with Crippen molar-refractivity contribution in [2.24, 2.45) is 28.6 Å². The molecule has 3 aliphatic carbocycles. The summed E-state index contributed by atoms with van der Waals surface area (Å²) in [5.74, 6) is 2.34. The van der Waals surface area contributed by atoms with Gasteiger partial charge in [0.15, 0.2) is 0 Å².